The molecule has 3 nitrogen and oxygen atoms in total. The van der Waals surface area contributed by atoms with E-state index in [4.69, 9.17) is 10.2 Å². The van der Waals surface area contributed by atoms with Crippen LogP contribution in [-0.2, 0) is 6.42 Å². The fourth-order valence-electron chi connectivity index (χ4n) is 2.52. The van der Waals surface area contributed by atoms with Crippen LogP contribution in [0.5, 0.6) is 0 Å². The van der Waals surface area contributed by atoms with Gasteiger partial charge in [0, 0.05) is 11.3 Å². The molecule has 3 aromatic rings. The molecule has 21 heavy (non-hydrogen) atoms. The predicted octanol–water partition coefficient (Wildman–Crippen LogP) is 4.76. The summed E-state index contributed by atoms with van der Waals surface area (Å²) in [5.41, 5.74) is 11.7. The molecule has 108 valence electrons. The topological polar surface area (TPSA) is 52.0 Å². The molecule has 3 rings (SSSR count). The molecule has 0 saturated heterocycles. The molecule has 0 aliphatic carbocycles. The fraction of sp³-hybridized carbons (Fsp3) is 0.278. The van der Waals surface area contributed by atoms with Gasteiger partial charge in [-0.2, -0.15) is 0 Å². The monoisotopic (exact) mass is 280 g/mol. The first-order valence-corrected chi connectivity index (χ1v) is 7.37. The van der Waals surface area contributed by atoms with E-state index in [1.165, 1.54) is 5.56 Å². The summed E-state index contributed by atoms with van der Waals surface area (Å²) in [7, 11) is 0. The standard InChI is InChI=1S/C18H20N2O/c1-4-12-9-15(19)10-16-17(12)21-18(20-16)14-7-5-13(6-8-14)11(2)3/h5-11H,4,19H2,1-3H3. The van der Waals surface area contributed by atoms with Crippen molar-refractivity contribution in [3.8, 4) is 11.5 Å². The molecule has 2 N–H and O–H groups in total. The Morgan fingerprint density at radius 1 is 1.14 bits per heavy atom. The number of anilines is 1. The normalized spacial score (nSPS) is 11.4. The Bertz CT molecular complexity index is 770. The Morgan fingerprint density at radius 2 is 1.86 bits per heavy atom. The molecule has 1 heterocycles. The SMILES string of the molecule is CCc1cc(N)cc2nc(-c3ccc(C(C)C)cc3)oc12. The molecule has 0 radical (unpaired) electrons. The molecule has 0 atom stereocenters. The molecule has 3 heteroatoms. The maximum Gasteiger partial charge on any atom is 0.227 e. The van der Waals surface area contributed by atoms with Gasteiger partial charge in [0.1, 0.15) is 5.52 Å². The summed E-state index contributed by atoms with van der Waals surface area (Å²) >= 11 is 0. The Hall–Kier alpha value is -2.29. The predicted molar refractivity (Wildman–Crippen MR) is 87.3 cm³/mol. The van der Waals surface area contributed by atoms with Crippen LogP contribution in [0.2, 0.25) is 0 Å². The second-order valence-corrected chi connectivity index (χ2v) is 5.68. The lowest BCUT2D eigenvalue weighted by Gasteiger charge is -2.04. The highest BCUT2D eigenvalue weighted by Gasteiger charge is 2.12. The van der Waals surface area contributed by atoms with Gasteiger partial charge < -0.3 is 10.2 Å². The van der Waals surface area contributed by atoms with Crippen LogP contribution < -0.4 is 5.73 Å². The molecule has 1 aromatic heterocycles. The number of nitrogens with zero attached hydrogens (tertiary/aromatic N) is 1. The van der Waals surface area contributed by atoms with E-state index >= 15 is 0 Å². The number of hydrogen-bond donors (Lipinski definition) is 1. The molecule has 0 fully saturated rings. The number of aryl methyl sites for hydroxylation is 1. The third kappa shape index (κ3) is 2.51. The summed E-state index contributed by atoms with van der Waals surface area (Å²) in [6, 6.07) is 12.2. The number of benzene rings is 2. The number of nitrogen functional groups attached to an aromatic ring is 1. The number of aromatic nitrogens is 1. The molecule has 0 aliphatic rings. The van der Waals surface area contributed by atoms with Crippen molar-refractivity contribution in [1.29, 1.82) is 0 Å². The van der Waals surface area contributed by atoms with E-state index in [0.29, 0.717) is 11.8 Å². The zero-order chi connectivity index (χ0) is 15.0. The van der Waals surface area contributed by atoms with E-state index < -0.39 is 0 Å². The van der Waals surface area contributed by atoms with Crippen LogP contribution in [-0.4, -0.2) is 4.98 Å². The first-order valence-electron chi connectivity index (χ1n) is 7.37. The average Bonchev–Trinajstić information content (AvgIpc) is 2.90. The minimum atomic E-state index is 0.522. The number of fused-ring (bicyclic) bond motifs is 1. The van der Waals surface area contributed by atoms with Crippen molar-refractivity contribution in [2.45, 2.75) is 33.1 Å². The number of nitrogens with two attached hydrogens (primary N) is 1. The van der Waals surface area contributed by atoms with Crippen LogP contribution in [0.3, 0.4) is 0 Å². The highest BCUT2D eigenvalue weighted by Crippen LogP contribution is 2.29. The average molecular weight is 280 g/mol. The quantitative estimate of drug-likeness (QED) is 0.703. The molecular formula is C18H20N2O. The molecule has 0 saturated carbocycles. The summed E-state index contributed by atoms with van der Waals surface area (Å²) in [6.45, 7) is 6.46. The van der Waals surface area contributed by atoms with Crippen LogP contribution in [0.1, 0.15) is 37.8 Å². The Kier molecular flexibility index (Phi) is 3.42. The number of oxazole rings is 1. The van der Waals surface area contributed by atoms with Gasteiger partial charge in [-0.1, -0.05) is 32.9 Å². The van der Waals surface area contributed by atoms with E-state index in [0.717, 1.165) is 34.3 Å². The van der Waals surface area contributed by atoms with Crippen molar-refractivity contribution >= 4 is 16.8 Å². The number of hydrogen-bond acceptors (Lipinski definition) is 3. The summed E-state index contributed by atoms with van der Waals surface area (Å²) in [4.78, 5) is 4.58. The Labute approximate surface area is 124 Å². The smallest absolute Gasteiger partial charge is 0.227 e. The highest BCUT2D eigenvalue weighted by atomic mass is 16.3. The second-order valence-electron chi connectivity index (χ2n) is 5.68. The minimum Gasteiger partial charge on any atom is -0.436 e. The second kappa shape index (κ2) is 5.24. The third-order valence-corrected chi connectivity index (χ3v) is 3.79. The summed E-state index contributed by atoms with van der Waals surface area (Å²) in [5, 5.41) is 0. The van der Waals surface area contributed by atoms with Gasteiger partial charge in [-0.25, -0.2) is 4.98 Å². The maximum atomic E-state index is 5.96. The highest BCUT2D eigenvalue weighted by molar-refractivity contribution is 5.82. The lowest BCUT2D eigenvalue weighted by molar-refractivity contribution is 0.615. The van der Waals surface area contributed by atoms with Gasteiger partial charge in [-0.05, 0) is 47.7 Å². The Balaban J connectivity index is 2.08. The van der Waals surface area contributed by atoms with Crippen molar-refractivity contribution in [3.05, 3.63) is 47.5 Å². The lowest BCUT2D eigenvalue weighted by atomic mass is 10.0. The Morgan fingerprint density at radius 3 is 2.48 bits per heavy atom. The molecular weight excluding hydrogens is 260 g/mol. The summed E-state index contributed by atoms with van der Waals surface area (Å²) < 4.78 is 5.96. The van der Waals surface area contributed by atoms with Crippen LogP contribution in [0.25, 0.3) is 22.6 Å². The van der Waals surface area contributed by atoms with Gasteiger partial charge in [0.25, 0.3) is 0 Å². The van der Waals surface area contributed by atoms with Crippen LogP contribution in [0.4, 0.5) is 5.69 Å². The molecule has 2 aromatic carbocycles. The lowest BCUT2D eigenvalue weighted by Crippen LogP contribution is -1.88. The van der Waals surface area contributed by atoms with Gasteiger partial charge in [-0.15, -0.1) is 0 Å². The summed E-state index contributed by atoms with van der Waals surface area (Å²) in [5.74, 6) is 1.18. The molecule has 0 unspecified atom stereocenters. The zero-order valence-corrected chi connectivity index (χ0v) is 12.7. The van der Waals surface area contributed by atoms with Gasteiger partial charge in [0.2, 0.25) is 5.89 Å². The first kappa shape index (κ1) is 13.7. The van der Waals surface area contributed by atoms with E-state index in [1.807, 2.05) is 12.1 Å². The van der Waals surface area contributed by atoms with E-state index in [-0.39, 0.29) is 0 Å². The van der Waals surface area contributed by atoms with Crippen molar-refractivity contribution in [2.75, 3.05) is 5.73 Å². The molecule has 0 bridgehead atoms. The fourth-order valence-corrected chi connectivity index (χ4v) is 2.52. The van der Waals surface area contributed by atoms with Gasteiger partial charge in [-0.3, -0.25) is 0 Å². The van der Waals surface area contributed by atoms with Crippen LogP contribution in [0.15, 0.2) is 40.8 Å². The number of rotatable bonds is 3. The molecule has 0 spiro atoms. The maximum absolute atomic E-state index is 5.96. The van der Waals surface area contributed by atoms with Gasteiger partial charge in [0.05, 0.1) is 0 Å². The van der Waals surface area contributed by atoms with Gasteiger partial charge in [0.15, 0.2) is 5.58 Å². The van der Waals surface area contributed by atoms with Crippen molar-refractivity contribution < 1.29 is 4.42 Å². The van der Waals surface area contributed by atoms with Crippen LogP contribution >= 0.6 is 0 Å². The molecule has 0 amide bonds. The van der Waals surface area contributed by atoms with Crippen molar-refractivity contribution in [2.24, 2.45) is 0 Å². The van der Waals surface area contributed by atoms with Crippen molar-refractivity contribution in [1.82, 2.24) is 4.98 Å². The first-order chi connectivity index (χ1) is 10.1. The van der Waals surface area contributed by atoms with Crippen LogP contribution in [0, 0.1) is 0 Å². The van der Waals surface area contributed by atoms with E-state index in [2.05, 4.69) is 50.0 Å². The minimum absolute atomic E-state index is 0.522. The van der Waals surface area contributed by atoms with E-state index in [1.54, 1.807) is 0 Å². The summed E-state index contributed by atoms with van der Waals surface area (Å²) in [6.07, 6.45) is 0.877. The zero-order valence-electron chi connectivity index (χ0n) is 12.7. The molecule has 0 aliphatic heterocycles. The van der Waals surface area contributed by atoms with Crippen molar-refractivity contribution in [3.63, 3.8) is 0 Å². The van der Waals surface area contributed by atoms with Gasteiger partial charge >= 0.3 is 0 Å². The largest absolute Gasteiger partial charge is 0.436 e. The third-order valence-electron chi connectivity index (χ3n) is 3.79. The van der Waals surface area contributed by atoms with E-state index in [9.17, 15) is 0 Å².